The van der Waals surface area contributed by atoms with Crippen molar-refractivity contribution in [2.75, 3.05) is 0 Å². The number of hydrogen-bond acceptors (Lipinski definition) is 2. The average Bonchev–Trinajstić information content (AvgIpc) is 3.01. The molecule has 1 aromatic rings. The van der Waals surface area contributed by atoms with E-state index >= 15 is 0 Å². The van der Waals surface area contributed by atoms with Crippen LogP contribution in [-0.4, -0.2) is 6.04 Å². The summed E-state index contributed by atoms with van der Waals surface area (Å²) in [6, 6.07) is 11.0. The van der Waals surface area contributed by atoms with Gasteiger partial charge in [-0.15, -0.1) is 0 Å². The zero-order valence-corrected chi connectivity index (χ0v) is 8.33. The average molecular weight is 186 g/mol. The Balaban J connectivity index is 2.16. The third kappa shape index (κ3) is 1.94. The fourth-order valence-electron chi connectivity index (χ4n) is 1.67. The highest BCUT2D eigenvalue weighted by Crippen LogP contribution is 2.25. The SMILES string of the molecule is CC(NC1CC1)c1ccccc1C#N. The molecule has 1 fully saturated rings. The second kappa shape index (κ2) is 3.81. The maximum absolute atomic E-state index is 8.94. The van der Waals surface area contributed by atoms with E-state index in [4.69, 9.17) is 5.26 Å². The van der Waals surface area contributed by atoms with E-state index in [0.29, 0.717) is 12.1 Å². The molecule has 1 saturated carbocycles. The van der Waals surface area contributed by atoms with Crippen molar-refractivity contribution in [2.24, 2.45) is 0 Å². The van der Waals surface area contributed by atoms with E-state index in [0.717, 1.165) is 11.1 Å². The van der Waals surface area contributed by atoms with Crippen LogP contribution >= 0.6 is 0 Å². The van der Waals surface area contributed by atoms with Crippen LogP contribution in [-0.2, 0) is 0 Å². The van der Waals surface area contributed by atoms with Gasteiger partial charge in [0.05, 0.1) is 11.6 Å². The van der Waals surface area contributed by atoms with Gasteiger partial charge in [0.15, 0.2) is 0 Å². The van der Waals surface area contributed by atoms with Crippen LogP contribution < -0.4 is 5.32 Å². The molecule has 1 atom stereocenters. The Morgan fingerprint density at radius 3 is 2.79 bits per heavy atom. The standard InChI is InChI=1S/C12H14N2/c1-9(14-11-6-7-11)12-5-3-2-4-10(12)8-13/h2-5,9,11,14H,6-7H2,1H3. The van der Waals surface area contributed by atoms with Crippen LogP contribution in [0.1, 0.15) is 36.9 Å². The summed E-state index contributed by atoms with van der Waals surface area (Å²) in [5.74, 6) is 0. The molecule has 14 heavy (non-hydrogen) atoms. The predicted molar refractivity (Wildman–Crippen MR) is 55.7 cm³/mol. The van der Waals surface area contributed by atoms with Crippen molar-refractivity contribution in [2.45, 2.75) is 31.8 Å². The first-order valence-corrected chi connectivity index (χ1v) is 5.06. The Morgan fingerprint density at radius 2 is 2.14 bits per heavy atom. The van der Waals surface area contributed by atoms with Crippen LogP contribution in [0, 0.1) is 11.3 Å². The van der Waals surface area contributed by atoms with Gasteiger partial charge in [-0.25, -0.2) is 0 Å². The van der Waals surface area contributed by atoms with E-state index in [1.807, 2.05) is 24.3 Å². The molecule has 72 valence electrons. The van der Waals surface area contributed by atoms with Crippen molar-refractivity contribution in [1.29, 1.82) is 5.26 Å². The van der Waals surface area contributed by atoms with Crippen molar-refractivity contribution >= 4 is 0 Å². The van der Waals surface area contributed by atoms with E-state index in [2.05, 4.69) is 18.3 Å². The van der Waals surface area contributed by atoms with Gasteiger partial charge in [0.25, 0.3) is 0 Å². The molecular weight excluding hydrogens is 172 g/mol. The molecule has 2 heteroatoms. The largest absolute Gasteiger partial charge is 0.307 e. The number of nitrogens with one attached hydrogen (secondary N) is 1. The minimum atomic E-state index is 0.290. The molecule has 2 rings (SSSR count). The lowest BCUT2D eigenvalue weighted by molar-refractivity contribution is 0.570. The summed E-state index contributed by atoms with van der Waals surface area (Å²) in [5, 5.41) is 12.4. The second-order valence-corrected chi connectivity index (χ2v) is 3.86. The maximum Gasteiger partial charge on any atom is 0.0995 e. The third-order valence-corrected chi connectivity index (χ3v) is 2.61. The smallest absolute Gasteiger partial charge is 0.0995 e. The quantitative estimate of drug-likeness (QED) is 0.786. The van der Waals surface area contributed by atoms with Crippen LogP contribution in [0.3, 0.4) is 0 Å². The van der Waals surface area contributed by atoms with Gasteiger partial charge >= 0.3 is 0 Å². The summed E-state index contributed by atoms with van der Waals surface area (Å²) >= 11 is 0. The first kappa shape index (κ1) is 9.23. The minimum Gasteiger partial charge on any atom is -0.307 e. The van der Waals surface area contributed by atoms with E-state index in [1.165, 1.54) is 12.8 Å². The monoisotopic (exact) mass is 186 g/mol. The van der Waals surface area contributed by atoms with Gasteiger partial charge in [-0.1, -0.05) is 18.2 Å². The van der Waals surface area contributed by atoms with Gasteiger partial charge in [-0.3, -0.25) is 0 Å². The lowest BCUT2D eigenvalue weighted by Crippen LogP contribution is -2.21. The molecule has 0 amide bonds. The molecule has 0 saturated heterocycles. The Bertz CT molecular complexity index is 361. The lowest BCUT2D eigenvalue weighted by atomic mass is 10.0. The molecule has 0 bridgehead atoms. The van der Waals surface area contributed by atoms with Gasteiger partial charge in [0, 0.05) is 12.1 Å². The van der Waals surface area contributed by atoms with E-state index in [9.17, 15) is 0 Å². The molecular formula is C12H14N2. The first-order valence-electron chi connectivity index (χ1n) is 5.06. The molecule has 1 N–H and O–H groups in total. The van der Waals surface area contributed by atoms with Crippen LogP contribution in [0.2, 0.25) is 0 Å². The molecule has 2 nitrogen and oxygen atoms in total. The summed E-state index contributed by atoms with van der Waals surface area (Å²) in [7, 11) is 0. The van der Waals surface area contributed by atoms with Gasteiger partial charge in [-0.2, -0.15) is 5.26 Å². The topological polar surface area (TPSA) is 35.8 Å². The van der Waals surface area contributed by atoms with E-state index in [1.54, 1.807) is 0 Å². The molecule has 0 heterocycles. The van der Waals surface area contributed by atoms with Crippen LogP contribution in [0.4, 0.5) is 0 Å². The Morgan fingerprint density at radius 1 is 1.43 bits per heavy atom. The summed E-state index contributed by atoms with van der Waals surface area (Å²) in [6.07, 6.45) is 2.55. The number of rotatable bonds is 3. The molecule has 1 aromatic carbocycles. The molecule has 0 radical (unpaired) electrons. The van der Waals surface area contributed by atoms with Gasteiger partial charge in [0.2, 0.25) is 0 Å². The molecule has 1 aliphatic rings. The highest BCUT2D eigenvalue weighted by molar-refractivity contribution is 5.39. The molecule has 1 aliphatic carbocycles. The normalized spacial score (nSPS) is 17.4. The van der Waals surface area contributed by atoms with Crippen LogP contribution in [0.25, 0.3) is 0 Å². The summed E-state index contributed by atoms with van der Waals surface area (Å²) in [5.41, 5.74) is 1.90. The van der Waals surface area contributed by atoms with E-state index < -0.39 is 0 Å². The minimum absolute atomic E-state index is 0.290. The van der Waals surface area contributed by atoms with Gasteiger partial charge in [-0.05, 0) is 31.4 Å². The van der Waals surface area contributed by atoms with E-state index in [-0.39, 0.29) is 0 Å². The first-order chi connectivity index (χ1) is 6.81. The molecule has 0 spiro atoms. The third-order valence-electron chi connectivity index (χ3n) is 2.61. The van der Waals surface area contributed by atoms with Crippen molar-refractivity contribution in [1.82, 2.24) is 5.32 Å². The molecule has 0 aromatic heterocycles. The van der Waals surface area contributed by atoms with Gasteiger partial charge < -0.3 is 5.32 Å². The summed E-state index contributed by atoms with van der Waals surface area (Å²) in [4.78, 5) is 0. The fourth-order valence-corrected chi connectivity index (χ4v) is 1.67. The maximum atomic E-state index is 8.94. The molecule has 1 unspecified atom stereocenters. The van der Waals surface area contributed by atoms with Crippen LogP contribution in [0.15, 0.2) is 24.3 Å². The second-order valence-electron chi connectivity index (χ2n) is 3.86. The predicted octanol–water partition coefficient (Wildman–Crippen LogP) is 2.37. The number of nitriles is 1. The summed E-state index contributed by atoms with van der Waals surface area (Å²) < 4.78 is 0. The number of benzene rings is 1. The zero-order chi connectivity index (χ0) is 9.97. The highest BCUT2D eigenvalue weighted by Gasteiger charge is 2.23. The van der Waals surface area contributed by atoms with Crippen LogP contribution in [0.5, 0.6) is 0 Å². The Labute approximate surface area is 84.6 Å². The Hall–Kier alpha value is -1.33. The molecule has 0 aliphatic heterocycles. The number of hydrogen-bond donors (Lipinski definition) is 1. The summed E-state index contributed by atoms with van der Waals surface area (Å²) in [6.45, 7) is 2.12. The highest BCUT2D eigenvalue weighted by atomic mass is 15.0. The zero-order valence-electron chi connectivity index (χ0n) is 8.33. The number of nitrogens with zero attached hydrogens (tertiary/aromatic N) is 1. The van der Waals surface area contributed by atoms with Gasteiger partial charge in [0.1, 0.15) is 0 Å². The van der Waals surface area contributed by atoms with Crippen molar-refractivity contribution < 1.29 is 0 Å². The fraction of sp³-hybridized carbons (Fsp3) is 0.417. The lowest BCUT2D eigenvalue weighted by Gasteiger charge is -2.14. The Kier molecular flexibility index (Phi) is 2.51. The van der Waals surface area contributed by atoms with Crippen molar-refractivity contribution in [3.8, 4) is 6.07 Å². The van der Waals surface area contributed by atoms with Crippen molar-refractivity contribution in [3.63, 3.8) is 0 Å². The van der Waals surface area contributed by atoms with Crippen molar-refractivity contribution in [3.05, 3.63) is 35.4 Å².